The highest BCUT2D eigenvalue weighted by Crippen LogP contribution is 2.30. The Hall–Kier alpha value is -2.35. The van der Waals surface area contributed by atoms with Gasteiger partial charge in [0.2, 0.25) is 0 Å². The number of amides is 2. The Labute approximate surface area is 168 Å². The van der Waals surface area contributed by atoms with Gasteiger partial charge in [-0.2, -0.15) is 0 Å². The van der Waals surface area contributed by atoms with Crippen LogP contribution in [0.4, 0.5) is 5.13 Å². The number of nitrogens with zero attached hydrogens (tertiary/aromatic N) is 2. The van der Waals surface area contributed by atoms with Gasteiger partial charge in [0.1, 0.15) is 0 Å². The zero-order chi connectivity index (χ0) is 19.0. The fraction of sp³-hybridized carbons (Fsp3) is 0.167. The molecule has 0 fully saturated rings. The summed E-state index contributed by atoms with van der Waals surface area (Å²) >= 11 is 13.4. The monoisotopic (exact) mass is 421 g/mol. The van der Waals surface area contributed by atoms with Gasteiger partial charge < -0.3 is 9.32 Å². The van der Waals surface area contributed by atoms with E-state index in [0.29, 0.717) is 40.3 Å². The number of carbonyl (C=O) groups is 2. The number of rotatable bonds is 3. The van der Waals surface area contributed by atoms with Crippen molar-refractivity contribution in [2.45, 2.75) is 13.0 Å². The average Bonchev–Trinajstić information content (AvgIpc) is 3.30. The van der Waals surface area contributed by atoms with Crippen LogP contribution < -0.4 is 5.32 Å². The predicted molar refractivity (Wildman–Crippen MR) is 104 cm³/mol. The van der Waals surface area contributed by atoms with E-state index in [1.54, 1.807) is 35.2 Å². The Kier molecular flexibility index (Phi) is 4.90. The molecule has 2 amide bonds. The van der Waals surface area contributed by atoms with Crippen molar-refractivity contribution in [2.75, 3.05) is 11.9 Å². The van der Waals surface area contributed by atoms with Crippen LogP contribution in [0, 0.1) is 0 Å². The van der Waals surface area contributed by atoms with Crippen molar-refractivity contribution >= 4 is 51.5 Å². The first kappa shape index (κ1) is 18.0. The molecule has 0 saturated heterocycles. The van der Waals surface area contributed by atoms with Crippen molar-refractivity contribution in [3.8, 4) is 0 Å². The number of hydrogen-bond donors (Lipinski definition) is 1. The molecular formula is C18H13Cl2N3O3S. The number of thiazole rings is 1. The van der Waals surface area contributed by atoms with Crippen molar-refractivity contribution < 1.29 is 14.0 Å². The molecule has 0 unspecified atom stereocenters. The van der Waals surface area contributed by atoms with Crippen molar-refractivity contribution in [1.29, 1.82) is 0 Å². The number of aromatic nitrogens is 1. The van der Waals surface area contributed by atoms with Gasteiger partial charge in [-0.25, -0.2) is 4.98 Å². The standard InChI is InChI=1S/C18H13Cl2N3O3S/c19-10-3-4-11(12(20)8-10)17(25)23-6-5-13-15(9-23)27-18(21-13)22-16(24)14-2-1-7-26-14/h1-4,7-8H,5-6,9H2,(H,21,22,24). The lowest BCUT2D eigenvalue weighted by atomic mass is 10.1. The maximum Gasteiger partial charge on any atom is 0.293 e. The smallest absolute Gasteiger partial charge is 0.293 e. The van der Waals surface area contributed by atoms with Crippen LogP contribution in [0.2, 0.25) is 10.0 Å². The molecule has 3 aromatic rings. The normalized spacial score (nSPS) is 13.3. The largest absolute Gasteiger partial charge is 0.459 e. The van der Waals surface area contributed by atoms with Crippen molar-refractivity contribution in [3.63, 3.8) is 0 Å². The third kappa shape index (κ3) is 3.71. The van der Waals surface area contributed by atoms with Gasteiger partial charge in [-0.05, 0) is 30.3 Å². The number of anilines is 1. The van der Waals surface area contributed by atoms with Gasteiger partial charge in [0.25, 0.3) is 11.8 Å². The molecule has 0 aliphatic carbocycles. The third-order valence-electron chi connectivity index (χ3n) is 4.15. The highest BCUT2D eigenvalue weighted by Gasteiger charge is 2.26. The Bertz CT molecular complexity index is 1020. The zero-order valence-electron chi connectivity index (χ0n) is 13.9. The lowest BCUT2D eigenvalue weighted by Gasteiger charge is -2.26. The van der Waals surface area contributed by atoms with E-state index >= 15 is 0 Å². The number of hydrogen-bond acceptors (Lipinski definition) is 5. The lowest BCUT2D eigenvalue weighted by Crippen LogP contribution is -2.35. The van der Waals surface area contributed by atoms with E-state index in [2.05, 4.69) is 10.3 Å². The van der Waals surface area contributed by atoms with Crippen LogP contribution in [0.15, 0.2) is 41.0 Å². The van der Waals surface area contributed by atoms with E-state index in [-0.39, 0.29) is 17.6 Å². The molecule has 3 heterocycles. The summed E-state index contributed by atoms with van der Waals surface area (Å²) in [5, 5.41) is 4.03. The molecule has 9 heteroatoms. The minimum absolute atomic E-state index is 0.156. The highest BCUT2D eigenvalue weighted by atomic mass is 35.5. The predicted octanol–water partition coefficient (Wildman–Crippen LogP) is 4.49. The van der Waals surface area contributed by atoms with Crippen LogP contribution in [0.1, 0.15) is 31.5 Å². The Balaban J connectivity index is 1.49. The first-order valence-corrected chi connectivity index (χ1v) is 9.66. The van der Waals surface area contributed by atoms with Crippen LogP contribution in [-0.2, 0) is 13.0 Å². The summed E-state index contributed by atoms with van der Waals surface area (Å²) in [7, 11) is 0. The van der Waals surface area contributed by atoms with Gasteiger partial charge in [-0.1, -0.05) is 34.5 Å². The van der Waals surface area contributed by atoms with Crippen molar-refractivity contribution in [3.05, 3.63) is 68.5 Å². The molecular weight excluding hydrogens is 409 g/mol. The van der Waals surface area contributed by atoms with Gasteiger partial charge in [0.05, 0.1) is 29.1 Å². The molecule has 1 aliphatic heterocycles. The molecule has 0 spiro atoms. The van der Waals surface area contributed by atoms with Crippen LogP contribution >= 0.6 is 34.5 Å². The van der Waals surface area contributed by atoms with E-state index < -0.39 is 0 Å². The van der Waals surface area contributed by atoms with E-state index in [1.807, 2.05) is 0 Å². The highest BCUT2D eigenvalue weighted by molar-refractivity contribution is 7.15. The summed E-state index contributed by atoms with van der Waals surface area (Å²) in [5.41, 5.74) is 1.31. The number of benzene rings is 1. The molecule has 27 heavy (non-hydrogen) atoms. The summed E-state index contributed by atoms with van der Waals surface area (Å²) in [6, 6.07) is 8.06. The molecule has 6 nitrogen and oxygen atoms in total. The maximum atomic E-state index is 12.8. The SMILES string of the molecule is O=C(Nc1nc2c(s1)CN(C(=O)c1ccc(Cl)cc1Cl)CC2)c1ccco1. The lowest BCUT2D eigenvalue weighted by molar-refractivity contribution is 0.0736. The van der Waals surface area contributed by atoms with Gasteiger partial charge in [-0.3, -0.25) is 14.9 Å². The molecule has 0 saturated carbocycles. The van der Waals surface area contributed by atoms with E-state index in [9.17, 15) is 9.59 Å². The second kappa shape index (κ2) is 7.34. The summed E-state index contributed by atoms with van der Waals surface area (Å²) in [6.45, 7) is 0.946. The third-order valence-corrected chi connectivity index (χ3v) is 5.69. The minimum atomic E-state index is -0.355. The van der Waals surface area contributed by atoms with Crippen LogP contribution in [-0.4, -0.2) is 28.2 Å². The maximum absolute atomic E-state index is 12.8. The summed E-state index contributed by atoms with van der Waals surface area (Å²) in [4.78, 5) is 32.0. The number of fused-ring (bicyclic) bond motifs is 1. The Morgan fingerprint density at radius 2 is 2.11 bits per heavy atom. The number of furan rings is 1. The van der Waals surface area contributed by atoms with Crippen molar-refractivity contribution in [2.24, 2.45) is 0 Å². The fourth-order valence-corrected chi connectivity index (χ4v) is 4.33. The minimum Gasteiger partial charge on any atom is -0.459 e. The molecule has 0 bridgehead atoms. The first-order chi connectivity index (χ1) is 13.0. The Morgan fingerprint density at radius 3 is 2.85 bits per heavy atom. The van der Waals surface area contributed by atoms with Gasteiger partial charge >= 0.3 is 0 Å². The molecule has 2 aromatic heterocycles. The molecule has 0 atom stereocenters. The summed E-state index contributed by atoms with van der Waals surface area (Å²) < 4.78 is 5.08. The zero-order valence-corrected chi connectivity index (χ0v) is 16.2. The number of nitrogens with one attached hydrogen (secondary N) is 1. The number of halogens is 2. The second-order valence-corrected chi connectivity index (χ2v) is 7.85. The molecule has 0 radical (unpaired) electrons. The molecule has 138 valence electrons. The van der Waals surface area contributed by atoms with E-state index in [0.717, 1.165) is 10.6 Å². The topological polar surface area (TPSA) is 75.4 Å². The average molecular weight is 422 g/mol. The quantitative estimate of drug-likeness (QED) is 0.675. The van der Waals surface area contributed by atoms with Crippen molar-refractivity contribution in [1.82, 2.24) is 9.88 Å². The summed E-state index contributed by atoms with van der Waals surface area (Å²) in [6.07, 6.45) is 2.05. The van der Waals surface area contributed by atoms with E-state index in [1.165, 1.54) is 17.6 Å². The van der Waals surface area contributed by atoms with Crippen LogP contribution in [0.25, 0.3) is 0 Å². The molecule has 1 aromatic carbocycles. The van der Waals surface area contributed by atoms with Gasteiger partial charge in [0, 0.05) is 22.9 Å². The summed E-state index contributed by atoms with van der Waals surface area (Å²) in [5.74, 6) is -0.291. The van der Waals surface area contributed by atoms with Crippen LogP contribution in [0.5, 0.6) is 0 Å². The van der Waals surface area contributed by atoms with E-state index in [4.69, 9.17) is 27.6 Å². The Morgan fingerprint density at radius 1 is 1.26 bits per heavy atom. The molecule has 1 aliphatic rings. The molecule has 4 rings (SSSR count). The van der Waals surface area contributed by atoms with Gasteiger partial charge in [0.15, 0.2) is 10.9 Å². The van der Waals surface area contributed by atoms with Crippen LogP contribution in [0.3, 0.4) is 0 Å². The second-order valence-electron chi connectivity index (χ2n) is 5.92. The first-order valence-electron chi connectivity index (χ1n) is 8.09. The number of carbonyl (C=O) groups excluding carboxylic acids is 2. The molecule has 1 N–H and O–H groups in total. The fourth-order valence-electron chi connectivity index (χ4n) is 2.82. The van der Waals surface area contributed by atoms with Gasteiger partial charge in [-0.15, -0.1) is 0 Å².